The molecule has 1 aromatic carbocycles. The molecular formula is C14H19F2N3O. The fourth-order valence-electron chi connectivity index (χ4n) is 2.57. The van der Waals surface area contributed by atoms with Gasteiger partial charge in [-0.1, -0.05) is 6.92 Å². The van der Waals surface area contributed by atoms with E-state index in [-0.39, 0.29) is 11.7 Å². The van der Waals surface area contributed by atoms with E-state index in [1.165, 1.54) is 4.90 Å². The standard InChI is InChI=1S/C14H19F2N3O/c1-3-18-6-7-19(8-9(18)2)14(20)12-10(15)4-5-11(17)13(12)16/h4-5,9H,3,6-8,17H2,1-2H3. The lowest BCUT2D eigenvalue weighted by molar-refractivity contribution is 0.0519. The van der Waals surface area contributed by atoms with E-state index in [2.05, 4.69) is 4.90 Å². The van der Waals surface area contributed by atoms with Crippen molar-refractivity contribution in [3.8, 4) is 0 Å². The maximum atomic E-state index is 13.9. The normalized spacial score (nSPS) is 20.2. The van der Waals surface area contributed by atoms with Crippen molar-refractivity contribution in [3.63, 3.8) is 0 Å². The van der Waals surface area contributed by atoms with E-state index in [0.29, 0.717) is 19.6 Å². The highest BCUT2D eigenvalue weighted by atomic mass is 19.1. The van der Waals surface area contributed by atoms with Gasteiger partial charge in [0.2, 0.25) is 0 Å². The van der Waals surface area contributed by atoms with Gasteiger partial charge in [0.15, 0.2) is 5.82 Å². The highest BCUT2D eigenvalue weighted by Crippen LogP contribution is 2.21. The summed E-state index contributed by atoms with van der Waals surface area (Å²) in [7, 11) is 0. The SMILES string of the molecule is CCN1CCN(C(=O)c2c(F)ccc(N)c2F)CC1C. The van der Waals surface area contributed by atoms with Gasteiger partial charge in [-0.2, -0.15) is 0 Å². The third-order valence-electron chi connectivity index (χ3n) is 3.79. The molecule has 1 aliphatic rings. The average molecular weight is 283 g/mol. The fourth-order valence-corrected chi connectivity index (χ4v) is 2.57. The number of likely N-dealkylation sites (N-methyl/N-ethyl adjacent to an activating group) is 1. The Kier molecular flexibility index (Phi) is 4.23. The zero-order valence-electron chi connectivity index (χ0n) is 11.7. The van der Waals surface area contributed by atoms with Crippen LogP contribution in [-0.4, -0.2) is 47.9 Å². The molecule has 20 heavy (non-hydrogen) atoms. The molecule has 1 amide bonds. The van der Waals surface area contributed by atoms with E-state index in [1.54, 1.807) is 0 Å². The third kappa shape index (κ3) is 2.60. The Bertz CT molecular complexity index is 521. The number of nitrogens with two attached hydrogens (primary N) is 1. The van der Waals surface area contributed by atoms with Gasteiger partial charge in [-0.15, -0.1) is 0 Å². The highest BCUT2D eigenvalue weighted by molar-refractivity contribution is 5.95. The predicted molar refractivity (Wildman–Crippen MR) is 73.4 cm³/mol. The molecule has 2 N–H and O–H groups in total. The number of anilines is 1. The summed E-state index contributed by atoms with van der Waals surface area (Å²) in [5.74, 6) is -2.47. The third-order valence-corrected chi connectivity index (χ3v) is 3.79. The second-order valence-corrected chi connectivity index (χ2v) is 5.05. The van der Waals surface area contributed by atoms with Crippen LogP contribution in [-0.2, 0) is 0 Å². The van der Waals surface area contributed by atoms with Gasteiger partial charge in [0, 0.05) is 25.7 Å². The van der Waals surface area contributed by atoms with Gasteiger partial charge >= 0.3 is 0 Å². The Morgan fingerprint density at radius 2 is 2.10 bits per heavy atom. The first kappa shape index (κ1) is 14.7. The van der Waals surface area contributed by atoms with Crippen molar-refractivity contribution in [2.45, 2.75) is 19.9 Å². The van der Waals surface area contributed by atoms with Gasteiger partial charge in [-0.25, -0.2) is 8.78 Å². The lowest BCUT2D eigenvalue weighted by Gasteiger charge is -2.39. The largest absolute Gasteiger partial charge is 0.396 e. The van der Waals surface area contributed by atoms with E-state index in [4.69, 9.17) is 5.73 Å². The Hall–Kier alpha value is -1.69. The molecule has 0 radical (unpaired) electrons. The summed E-state index contributed by atoms with van der Waals surface area (Å²) in [6, 6.07) is 2.32. The summed E-state index contributed by atoms with van der Waals surface area (Å²) in [5.41, 5.74) is 4.64. The quantitative estimate of drug-likeness (QED) is 0.841. The molecule has 0 bridgehead atoms. The Morgan fingerprint density at radius 1 is 1.40 bits per heavy atom. The van der Waals surface area contributed by atoms with Gasteiger partial charge in [0.05, 0.1) is 5.69 Å². The molecule has 1 atom stereocenters. The van der Waals surface area contributed by atoms with Crippen molar-refractivity contribution >= 4 is 11.6 Å². The lowest BCUT2D eigenvalue weighted by Crippen LogP contribution is -2.53. The van der Waals surface area contributed by atoms with Gasteiger partial charge in [-0.05, 0) is 25.6 Å². The second kappa shape index (κ2) is 5.75. The monoisotopic (exact) mass is 283 g/mol. The number of nitrogens with zero attached hydrogens (tertiary/aromatic N) is 2. The summed E-state index contributed by atoms with van der Waals surface area (Å²) >= 11 is 0. The van der Waals surface area contributed by atoms with Gasteiger partial charge in [0.1, 0.15) is 11.4 Å². The molecule has 0 aliphatic carbocycles. The van der Waals surface area contributed by atoms with Crippen LogP contribution in [0.15, 0.2) is 12.1 Å². The smallest absolute Gasteiger partial charge is 0.260 e. The van der Waals surface area contributed by atoms with Crippen LogP contribution in [0.25, 0.3) is 0 Å². The summed E-state index contributed by atoms with van der Waals surface area (Å²) in [4.78, 5) is 16.0. The first-order chi connectivity index (χ1) is 9.45. The van der Waals surface area contributed by atoms with Crippen LogP contribution >= 0.6 is 0 Å². The molecule has 1 saturated heterocycles. The van der Waals surface area contributed by atoms with Gasteiger partial charge < -0.3 is 10.6 Å². The van der Waals surface area contributed by atoms with Crippen molar-refractivity contribution < 1.29 is 13.6 Å². The molecule has 1 fully saturated rings. The summed E-state index contributed by atoms with van der Waals surface area (Å²) in [6.45, 7) is 6.56. The van der Waals surface area contributed by atoms with Crippen molar-refractivity contribution in [1.82, 2.24) is 9.80 Å². The number of piperazine rings is 1. The summed E-state index contributed by atoms with van der Waals surface area (Å²) in [6.07, 6.45) is 0. The molecular weight excluding hydrogens is 264 g/mol. The minimum absolute atomic E-state index is 0.171. The molecule has 0 saturated carbocycles. The number of hydrogen-bond acceptors (Lipinski definition) is 3. The van der Waals surface area contributed by atoms with Crippen molar-refractivity contribution in [2.75, 3.05) is 31.9 Å². The van der Waals surface area contributed by atoms with Crippen LogP contribution in [0.2, 0.25) is 0 Å². The van der Waals surface area contributed by atoms with Crippen LogP contribution < -0.4 is 5.73 Å². The van der Waals surface area contributed by atoms with E-state index in [0.717, 1.165) is 18.7 Å². The zero-order chi connectivity index (χ0) is 14.9. The number of nitrogen functional groups attached to an aromatic ring is 1. The molecule has 6 heteroatoms. The molecule has 1 heterocycles. The van der Waals surface area contributed by atoms with E-state index >= 15 is 0 Å². The molecule has 0 aromatic heterocycles. The molecule has 2 rings (SSSR count). The van der Waals surface area contributed by atoms with E-state index in [9.17, 15) is 13.6 Å². The summed E-state index contributed by atoms with van der Waals surface area (Å²) in [5, 5.41) is 0. The van der Waals surface area contributed by atoms with Crippen LogP contribution in [0, 0.1) is 11.6 Å². The summed E-state index contributed by atoms with van der Waals surface area (Å²) < 4.78 is 27.6. The highest BCUT2D eigenvalue weighted by Gasteiger charge is 2.30. The van der Waals surface area contributed by atoms with E-state index < -0.39 is 23.1 Å². The van der Waals surface area contributed by atoms with Crippen LogP contribution in [0.5, 0.6) is 0 Å². The van der Waals surface area contributed by atoms with Crippen molar-refractivity contribution in [1.29, 1.82) is 0 Å². The van der Waals surface area contributed by atoms with Gasteiger partial charge in [0.25, 0.3) is 5.91 Å². The molecule has 1 aliphatic heterocycles. The minimum atomic E-state index is -0.972. The molecule has 1 aromatic rings. The number of halogens is 2. The number of rotatable bonds is 2. The van der Waals surface area contributed by atoms with Crippen LogP contribution in [0.1, 0.15) is 24.2 Å². The number of carbonyl (C=O) groups is 1. The molecule has 110 valence electrons. The Labute approximate surface area is 117 Å². The topological polar surface area (TPSA) is 49.6 Å². The minimum Gasteiger partial charge on any atom is -0.396 e. The Balaban J connectivity index is 2.23. The van der Waals surface area contributed by atoms with Crippen LogP contribution in [0.4, 0.5) is 14.5 Å². The number of amides is 1. The Morgan fingerprint density at radius 3 is 2.70 bits per heavy atom. The first-order valence-electron chi connectivity index (χ1n) is 6.72. The van der Waals surface area contributed by atoms with E-state index in [1.807, 2.05) is 13.8 Å². The second-order valence-electron chi connectivity index (χ2n) is 5.05. The van der Waals surface area contributed by atoms with Crippen LogP contribution in [0.3, 0.4) is 0 Å². The first-order valence-corrected chi connectivity index (χ1v) is 6.72. The average Bonchev–Trinajstić information content (AvgIpc) is 2.43. The number of carbonyl (C=O) groups excluding carboxylic acids is 1. The predicted octanol–water partition coefficient (Wildman–Crippen LogP) is 1.71. The maximum absolute atomic E-state index is 13.9. The zero-order valence-corrected chi connectivity index (χ0v) is 11.7. The molecule has 0 spiro atoms. The molecule has 4 nitrogen and oxygen atoms in total. The van der Waals surface area contributed by atoms with Crippen molar-refractivity contribution in [3.05, 3.63) is 29.3 Å². The van der Waals surface area contributed by atoms with Crippen molar-refractivity contribution in [2.24, 2.45) is 0 Å². The molecule has 1 unspecified atom stereocenters. The maximum Gasteiger partial charge on any atom is 0.260 e. The lowest BCUT2D eigenvalue weighted by atomic mass is 10.1. The van der Waals surface area contributed by atoms with Gasteiger partial charge in [-0.3, -0.25) is 9.69 Å². The fraction of sp³-hybridized carbons (Fsp3) is 0.500. The number of benzene rings is 1. The number of hydrogen-bond donors (Lipinski definition) is 1.